The molecule has 5 aromatic rings. The molecule has 3 N–H and O–H groups in total. The van der Waals surface area contributed by atoms with Crippen molar-refractivity contribution in [2.45, 2.75) is 25.6 Å². The first-order chi connectivity index (χ1) is 18.4. The molecule has 4 heterocycles. The minimum absolute atomic E-state index is 0.321. The highest BCUT2D eigenvalue weighted by molar-refractivity contribution is 5.94. The molecular formula is C29H26N6O3. The molecule has 1 amide bonds. The maximum absolute atomic E-state index is 12.0. The van der Waals surface area contributed by atoms with Crippen LogP contribution in [0.15, 0.2) is 73.1 Å². The Hall–Kier alpha value is -4.47. The number of H-pyrrole nitrogens is 1. The molecular weight excluding hydrogens is 480 g/mol. The number of fused-ring (bicyclic) bond motifs is 1. The lowest BCUT2D eigenvalue weighted by Crippen LogP contribution is -2.41. The van der Waals surface area contributed by atoms with Crippen LogP contribution in [0.4, 0.5) is 0 Å². The fourth-order valence-corrected chi connectivity index (χ4v) is 4.84. The highest BCUT2D eigenvalue weighted by atomic mass is 16.7. The van der Waals surface area contributed by atoms with Crippen LogP contribution < -0.4 is 5.73 Å². The number of imidazole rings is 1. The van der Waals surface area contributed by atoms with E-state index in [1.807, 2.05) is 62.4 Å². The number of nitrogens with two attached hydrogens (primary N) is 1. The number of nitrogens with zero attached hydrogens (tertiary/aromatic N) is 4. The zero-order valence-corrected chi connectivity index (χ0v) is 21.0. The second kappa shape index (κ2) is 9.44. The van der Waals surface area contributed by atoms with Crippen LogP contribution in [0.1, 0.15) is 40.7 Å². The predicted molar refractivity (Wildman–Crippen MR) is 142 cm³/mol. The maximum Gasteiger partial charge on any atom is 0.249 e. The minimum atomic E-state index is -0.721. The number of hydrogen-bond acceptors (Lipinski definition) is 7. The number of ether oxygens (including phenoxy) is 2. The molecule has 0 aliphatic carbocycles. The van der Waals surface area contributed by atoms with E-state index in [1.165, 1.54) is 0 Å². The molecule has 3 aromatic heterocycles. The molecule has 0 bridgehead atoms. The number of pyridine rings is 1. The van der Waals surface area contributed by atoms with Crippen molar-refractivity contribution in [2.24, 2.45) is 5.73 Å². The standard InChI is InChI=1S/C29H26N6O3/c1-17-6-5-9-22(33-17)25-24(18-10-11-21-23(14-18)32-13-12-31-21)34-27(35-25)28-37-15-29(2,16-38-28)20-8-4-3-7-19(20)26(30)36/h3-14,28H,15-16H2,1-2H3,(H2,30,36)(H,34,35). The Balaban J connectivity index is 1.36. The Morgan fingerprint density at radius 2 is 1.74 bits per heavy atom. The molecule has 0 atom stereocenters. The van der Waals surface area contributed by atoms with Gasteiger partial charge in [0.15, 0.2) is 5.82 Å². The summed E-state index contributed by atoms with van der Waals surface area (Å²) in [5, 5.41) is 0. The zero-order chi connectivity index (χ0) is 26.3. The Morgan fingerprint density at radius 1 is 0.974 bits per heavy atom. The number of carbonyl (C=O) groups is 1. The summed E-state index contributed by atoms with van der Waals surface area (Å²) in [6, 6.07) is 19.0. The molecule has 0 unspecified atom stereocenters. The highest BCUT2D eigenvalue weighted by Crippen LogP contribution is 2.38. The zero-order valence-electron chi connectivity index (χ0n) is 21.0. The van der Waals surface area contributed by atoms with Crippen LogP contribution in [-0.2, 0) is 14.9 Å². The fraction of sp³-hybridized carbons (Fsp3) is 0.207. The smallest absolute Gasteiger partial charge is 0.249 e. The van der Waals surface area contributed by atoms with Crippen LogP contribution in [-0.4, -0.2) is 44.0 Å². The van der Waals surface area contributed by atoms with E-state index in [2.05, 4.69) is 15.0 Å². The van der Waals surface area contributed by atoms with Gasteiger partial charge in [0.1, 0.15) is 0 Å². The molecule has 0 spiro atoms. The average Bonchev–Trinajstić information content (AvgIpc) is 3.39. The molecule has 38 heavy (non-hydrogen) atoms. The van der Waals surface area contributed by atoms with Gasteiger partial charge >= 0.3 is 0 Å². The van der Waals surface area contributed by atoms with Crippen molar-refractivity contribution >= 4 is 16.9 Å². The first-order valence-corrected chi connectivity index (χ1v) is 12.3. The van der Waals surface area contributed by atoms with Crippen molar-refractivity contribution in [3.63, 3.8) is 0 Å². The Kier molecular flexibility index (Phi) is 5.94. The number of rotatable bonds is 5. The van der Waals surface area contributed by atoms with Gasteiger partial charge in [0.05, 0.1) is 41.3 Å². The molecule has 0 saturated carbocycles. The number of aromatic amines is 1. The average molecular weight is 507 g/mol. The second-order valence-corrected chi connectivity index (χ2v) is 9.69. The van der Waals surface area contributed by atoms with E-state index in [0.29, 0.717) is 30.3 Å². The summed E-state index contributed by atoms with van der Waals surface area (Å²) in [4.78, 5) is 33.9. The Morgan fingerprint density at radius 3 is 2.50 bits per heavy atom. The minimum Gasteiger partial charge on any atom is -0.366 e. The highest BCUT2D eigenvalue weighted by Gasteiger charge is 2.38. The number of hydrogen-bond donors (Lipinski definition) is 2. The SMILES string of the molecule is Cc1cccc(-c2[nH]c(C3OCC(C)(c4ccccc4C(N)=O)CO3)nc2-c2ccc3nccnc3c2)n1. The van der Waals surface area contributed by atoms with Gasteiger partial charge in [-0.1, -0.05) is 37.3 Å². The molecule has 6 rings (SSSR count). The third-order valence-electron chi connectivity index (χ3n) is 6.78. The number of aromatic nitrogens is 5. The van der Waals surface area contributed by atoms with Gasteiger partial charge in [0, 0.05) is 34.6 Å². The van der Waals surface area contributed by atoms with Gasteiger partial charge in [-0.2, -0.15) is 0 Å². The van der Waals surface area contributed by atoms with Gasteiger partial charge in [-0.25, -0.2) is 4.98 Å². The van der Waals surface area contributed by atoms with E-state index in [1.54, 1.807) is 24.5 Å². The first kappa shape index (κ1) is 23.9. The Bertz CT molecular complexity index is 1660. The number of nitrogens with one attached hydrogen (secondary N) is 1. The summed E-state index contributed by atoms with van der Waals surface area (Å²) in [7, 11) is 0. The lowest BCUT2D eigenvalue weighted by Gasteiger charge is -2.37. The number of carbonyl (C=O) groups excluding carboxylic acids is 1. The van der Waals surface area contributed by atoms with E-state index in [9.17, 15) is 4.79 Å². The summed E-state index contributed by atoms with van der Waals surface area (Å²) >= 11 is 0. The molecule has 190 valence electrons. The normalized spacial score (nSPS) is 19.5. The van der Waals surface area contributed by atoms with Crippen LogP contribution in [0.25, 0.3) is 33.7 Å². The van der Waals surface area contributed by atoms with Crippen LogP contribution in [0.5, 0.6) is 0 Å². The van der Waals surface area contributed by atoms with Crippen molar-refractivity contribution in [1.82, 2.24) is 24.9 Å². The van der Waals surface area contributed by atoms with Gasteiger partial charge in [0.25, 0.3) is 0 Å². The first-order valence-electron chi connectivity index (χ1n) is 12.3. The quantitative estimate of drug-likeness (QED) is 0.359. The van der Waals surface area contributed by atoms with Crippen LogP contribution in [0, 0.1) is 6.92 Å². The monoisotopic (exact) mass is 506 g/mol. The van der Waals surface area contributed by atoms with Gasteiger partial charge < -0.3 is 20.2 Å². The summed E-state index contributed by atoms with van der Waals surface area (Å²) in [5.74, 6) is 0.0535. The number of amides is 1. The van der Waals surface area contributed by atoms with E-state index < -0.39 is 17.6 Å². The topological polar surface area (TPSA) is 129 Å². The summed E-state index contributed by atoms with van der Waals surface area (Å²) in [6.07, 6.45) is 2.62. The van der Waals surface area contributed by atoms with Crippen molar-refractivity contribution in [3.8, 4) is 22.6 Å². The van der Waals surface area contributed by atoms with E-state index in [0.717, 1.165) is 39.2 Å². The largest absolute Gasteiger partial charge is 0.366 e. The molecule has 9 nitrogen and oxygen atoms in total. The van der Waals surface area contributed by atoms with E-state index >= 15 is 0 Å². The summed E-state index contributed by atoms with van der Waals surface area (Å²) < 4.78 is 12.4. The number of aryl methyl sites for hydroxylation is 1. The van der Waals surface area contributed by atoms with Gasteiger partial charge in [-0.3, -0.25) is 19.7 Å². The lowest BCUT2D eigenvalue weighted by atomic mass is 9.80. The molecule has 0 radical (unpaired) electrons. The molecule has 2 aromatic carbocycles. The van der Waals surface area contributed by atoms with Crippen molar-refractivity contribution < 1.29 is 14.3 Å². The van der Waals surface area contributed by atoms with Gasteiger partial charge in [-0.15, -0.1) is 0 Å². The Labute approximate surface area is 219 Å². The van der Waals surface area contributed by atoms with E-state index in [4.69, 9.17) is 25.2 Å². The van der Waals surface area contributed by atoms with Crippen LogP contribution >= 0.6 is 0 Å². The predicted octanol–water partition coefficient (Wildman–Crippen LogP) is 4.49. The summed E-state index contributed by atoms with van der Waals surface area (Å²) in [5.41, 5.74) is 11.9. The third kappa shape index (κ3) is 4.31. The van der Waals surface area contributed by atoms with Crippen molar-refractivity contribution in [3.05, 3.63) is 95.7 Å². The van der Waals surface area contributed by atoms with Crippen molar-refractivity contribution in [2.75, 3.05) is 13.2 Å². The third-order valence-corrected chi connectivity index (χ3v) is 6.78. The molecule has 1 aliphatic heterocycles. The van der Waals surface area contributed by atoms with Crippen LogP contribution in [0.3, 0.4) is 0 Å². The van der Waals surface area contributed by atoms with Gasteiger partial charge in [-0.05, 0) is 42.8 Å². The fourth-order valence-electron chi connectivity index (χ4n) is 4.84. The van der Waals surface area contributed by atoms with Crippen molar-refractivity contribution in [1.29, 1.82) is 0 Å². The molecule has 1 aliphatic rings. The molecule has 9 heteroatoms. The summed E-state index contributed by atoms with van der Waals surface area (Å²) in [6.45, 7) is 4.59. The van der Waals surface area contributed by atoms with Gasteiger partial charge in [0.2, 0.25) is 12.2 Å². The van der Waals surface area contributed by atoms with E-state index in [-0.39, 0.29) is 0 Å². The second-order valence-electron chi connectivity index (χ2n) is 9.69. The molecule has 1 saturated heterocycles. The maximum atomic E-state index is 12.0. The lowest BCUT2D eigenvalue weighted by molar-refractivity contribution is -0.214. The molecule has 1 fully saturated rings. The number of benzene rings is 2. The number of primary amides is 1. The van der Waals surface area contributed by atoms with Crippen LogP contribution in [0.2, 0.25) is 0 Å².